The topological polar surface area (TPSA) is 307 Å². The minimum atomic E-state index is -1.99. The third-order valence-corrected chi connectivity index (χ3v) is 17.5. The molecule has 3 rings (SSSR count). The average molecular weight is 1340 g/mol. The minimum absolute atomic E-state index is 0.215. The van der Waals surface area contributed by atoms with Gasteiger partial charge in [-0.15, -0.1) is 0 Å². The van der Waals surface area contributed by atoms with Crippen LogP contribution in [0.4, 0.5) is 0 Å². The number of carbonyl (C=O) groups excluding carboxylic acids is 1. The summed E-state index contributed by atoms with van der Waals surface area (Å²) in [6.45, 7) is 1.59. The Balaban J connectivity index is 1.45. The molecule has 19 heteroatoms. The first-order valence-electron chi connectivity index (χ1n) is 36.6. The highest BCUT2D eigenvalue weighted by molar-refractivity contribution is 5.76. The lowest BCUT2D eigenvalue weighted by molar-refractivity contribution is -0.379. The maximum absolute atomic E-state index is 13.4. The Labute approximate surface area is 570 Å². The summed E-state index contributed by atoms with van der Waals surface area (Å²) in [5, 5.41) is 121. The van der Waals surface area contributed by atoms with Crippen LogP contribution in [0.15, 0.2) is 109 Å². The maximum atomic E-state index is 13.4. The summed E-state index contributed by atoms with van der Waals surface area (Å²) in [5.41, 5.74) is 0. The van der Waals surface area contributed by atoms with Gasteiger partial charge in [0, 0.05) is 6.42 Å². The van der Waals surface area contributed by atoms with Crippen LogP contribution >= 0.6 is 0 Å². The summed E-state index contributed by atoms with van der Waals surface area (Å²) >= 11 is 0. The quantitative estimate of drug-likeness (QED) is 0.0199. The van der Waals surface area contributed by atoms with Crippen LogP contribution in [0.25, 0.3) is 0 Å². The van der Waals surface area contributed by atoms with E-state index in [1.54, 1.807) is 6.08 Å². The number of unbranched alkanes of at least 4 members (excludes halogenated alkanes) is 23. The second kappa shape index (κ2) is 56.2. The smallest absolute Gasteiger partial charge is 0.220 e. The Morgan fingerprint density at radius 1 is 0.389 bits per heavy atom. The van der Waals surface area contributed by atoms with Crippen LogP contribution in [-0.2, 0) is 33.2 Å². The van der Waals surface area contributed by atoms with E-state index < -0.39 is 124 Å². The van der Waals surface area contributed by atoms with Gasteiger partial charge in [-0.05, 0) is 96.3 Å². The molecule has 17 atom stereocenters. The first kappa shape index (κ1) is 85.7. The van der Waals surface area contributed by atoms with Gasteiger partial charge in [-0.3, -0.25) is 4.79 Å². The van der Waals surface area contributed by atoms with Gasteiger partial charge in [-0.1, -0.05) is 239 Å². The van der Waals surface area contributed by atoms with Gasteiger partial charge in [0.1, 0.15) is 73.2 Å². The number of aliphatic hydroxyl groups excluding tert-OH is 11. The van der Waals surface area contributed by atoms with E-state index in [-0.39, 0.29) is 18.9 Å². The number of carbonyl (C=O) groups is 1. The summed E-state index contributed by atoms with van der Waals surface area (Å²) in [6, 6.07) is -1.01. The zero-order valence-electron chi connectivity index (χ0n) is 57.9. The van der Waals surface area contributed by atoms with Gasteiger partial charge in [-0.25, -0.2) is 0 Å². The molecule has 0 aromatic heterocycles. The molecule has 0 saturated carbocycles. The van der Waals surface area contributed by atoms with Gasteiger partial charge >= 0.3 is 0 Å². The van der Waals surface area contributed by atoms with Crippen molar-refractivity contribution in [2.75, 3.05) is 26.4 Å². The molecular formula is C76H129NO18. The lowest BCUT2D eigenvalue weighted by Crippen LogP contribution is -2.66. The minimum Gasteiger partial charge on any atom is -0.394 e. The molecule has 17 unspecified atom stereocenters. The van der Waals surface area contributed by atoms with Crippen molar-refractivity contribution in [1.29, 1.82) is 0 Å². The maximum Gasteiger partial charge on any atom is 0.220 e. The predicted molar refractivity (Wildman–Crippen MR) is 374 cm³/mol. The standard InChI is InChI=1S/C76H129NO18/c1-3-5-7-9-11-13-15-17-19-21-23-25-27-28-29-30-32-34-36-38-40-42-44-46-48-50-52-54-64(82)77-59(60(81)53-51-49-47-45-43-41-39-37-35-33-31-26-24-22-20-18-16-14-12-10-8-6-4-2)58-90-74-70(88)67(85)72(62(56-79)92-74)95-76-71(89)68(86)73(63(57-80)93-76)94-75-69(87)66(84)65(83)61(55-78)91-75/h5,7,11,13,17,19,23,25,28-29,32,34-35,37,43,45,51,53,59-63,65-76,78-81,83-89H,3-4,6,8-10,12,14-16,18,20-22,24,26-27,30-31,33,36,38-42,44,46-50,52,54-58H2,1-2H3,(H,77,82)/b7-5-,13-11-,19-17-,25-23-,29-28-,34-32-,37-35+,45-43+,53-51+. The Bertz CT molecular complexity index is 2140. The van der Waals surface area contributed by atoms with Crippen LogP contribution in [0, 0.1) is 0 Å². The Morgan fingerprint density at radius 3 is 1.18 bits per heavy atom. The van der Waals surface area contributed by atoms with Crippen molar-refractivity contribution in [1.82, 2.24) is 5.32 Å². The number of ether oxygens (including phenoxy) is 6. The van der Waals surface area contributed by atoms with E-state index in [1.807, 2.05) is 6.08 Å². The molecule has 3 aliphatic heterocycles. The molecule has 3 aliphatic rings. The largest absolute Gasteiger partial charge is 0.394 e. The zero-order valence-corrected chi connectivity index (χ0v) is 57.9. The van der Waals surface area contributed by atoms with E-state index in [0.717, 1.165) is 109 Å². The lowest BCUT2D eigenvalue weighted by atomic mass is 9.96. The molecule has 19 nitrogen and oxygen atoms in total. The molecule has 0 aromatic carbocycles. The first-order chi connectivity index (χ1) is 46.3. The highest BCUT2D eigenvalue weighted by Crippen LogP contribution is 2.33. The monoisotopic (exact) mass is 1340 g/mol. The van der Waals surface area contributed by atoms with Crippen LogP contribution in [0.5, 0.6) is 0 Å². The molecule has 3 fully saturated rings. The molecule has 1 amide bonds. The number of aliphatic hydroxyl groups is 11. The third kappa shape index (κ3) is 37.5. The van der Waals surface area contributed by atoms with E-state index in [2.05, 4.69) is 116 Å². The number of hydrogen-bond donors (Lipinski definition) is 12. The fraction of sp³-hybridized carbons (Fsp3) is 0.750. The second-order valence-electron chi connectivity index (χ2n) is 25.6. The van der Waals surface area contributed by atoms with E-state index in [0.29, 0.717) is 12.8 Å². The zero-order chi connectivity index (χ0) is 68.9. The van der Waals surface area contributed by atoms with Gasteiger partial charge in [0.25, 0.3) is 0 Å². The van der Waals surface area contributed by atoms with E-state index >= 15 is 0 Å². The second-order valence-corrected chi connectivity index (χ2v) is 25.6. The summed E-state index contributed by atoms with van der Waals surface area (Å²) < 4.78 is 34.4. The highest BCUT2D eigenvalue weighted by atomic mass is 16.8. The predicted octanol–water partition coefficient (Wildman–Crippen LogP) is 10.6. The molecule has 0 spiro atoms. The fourth-order valence-corrected chi connectivity index (χ4v) is 11.6. The first-order valence-corrected chi connectivity index (χ1v) is 36.6. The number of allylic oxidation sites excluding steroid dienone is 17. The molecule has 3 heterocycles. The molecule has 0 bridgehead atoms. The molecule has 95 heavy (non-hydrogen) atoms. The van der Waals surface area contributed by atoms with Crippen LogP contribution in [0.2, 0.25) is 0 Å². The molecular weight excluding hydrogens is 1210 g/mol. The van der Waals surface area contributed by atoms with Crippen molar-refractivity contribution in [2.45, 2.75) is 336 Å². The average Bonchev–Trinajstić information content (AvgIpc) is 0.787. The Kier molecular flexibility index (Phi) is 50.7. The van der Waals surface area contributed by atoms with Gasteiger partial charge in [0.15, 0.2) is 18.9 Å². The lowest BCUT2D eigenvalue weighted by Gasteiger charge is -2.48. The van der Waals surface area contributed by atoms with Crippen molar-refractivity contribution < 1.29 is 89.4 Å². The number of hydrogen-bond acceptors (Lipinski definition) is 18. The van der Waals surface area contributed by atoms with Crippen LogP contribution in [0.3, 0.4) is 0 Å². The normalized spacial score (nSPS) is 27.9. The van der Waals surface area contributed by atoms with E-state index in [4.69, 9.17) is 28.4 Å². The summed E-state index contributed by atoms with van der Waals surface area (Å²) in [7, 11) is 0. The van der Waals surface area contributed by atoms with E-state index in [9.17, 15) is 61.0 Å². The van der Waals surface area contributed by atoms with Gasteiger partial charge < -0.3 is 89.9 Å². The molecule has 546 valence electrons. The van der Waals surface area contributed by atoms with Crippen molar-refractivity contribution in [3.63, 3.8) is 0 Å². The number of rotatable bonds is 55. The fourth-order valence-electron chi connectivity index (χ4n) is 11.6. The Morgan fingerprint density at radius 2 is 0.737 bits per heavy atom. The third-order valence-electron chi connectivity index (χ3n) is 17.5. The highest BCUT2D eigenvalue weighted by Gasteiger charge is 2.53. The summed E-state index contributed by atoms with van der Waals surface area (Å²) in [4.78, 5) is 13.4. The Hall–Kier alpha value is -3.55. The van der Waals surface area contributed by atoms with Crippen LogP contribution in [0.1, 0.15) is 232 Å². The van der Waals surface area contributed by atoms with Gasteiger partial charge in [0.05, 0.1) is 38.6 Å². The summed E-state index contributed by atoms with van der Waals surface area (Å²) in [6.07, 6.45) is 49.1. The van der Waals surface area contributed by atoms with Gasteiger partial charge in [0.2, 0.25) is 5.91 Å². The molecule has 12 N–H and O–H groups in total. The van der Waals surface area contributed by atoms with Crippen molar-refractivity contribution in [3.8, 4) is 0 Å². The van der Waals surface area contributed by atoms with E-state index in [1.165, 1.54) is 89.9 Å². The molecule has 0 aliphatic carbocycles. The molecule has 0 radical (unpaired) electrons. The molecule has 0 aromatic rings. The van der Waals surface area contributed by atoms with Gasteiger partial charge in [-0.2, -0.15) is 0 Å². The summed E-state index contributed by atoms with van der Waals surface area (Å²) in [5.74, 6) is -0.302. The van der Waals surface area contributed by atoms with Crippen molar-refractivity contribution in [3.05, 3.63) is 109 Å². The molecule has 3 saturated heterocycles. The van der Waals surface area contributed by atoms with Crippen LogP contribution < -0.4 is 5.32 Å². The van der Waals surface area contributed by atoms with Crippen LogP contribution in [-0.4, -0.2) is 193 Å². The SMILES string of the molecule is CC/C=C\C/C=C\C/C=C\C/C=C\C/C=C\C/C=C\CCCCCCCCCCC(=O)NC(COC1OC(CO)C(OC2OC(CO)C(OC3OC(CO)C(O)C(O)C3O)C(O)C2O)C(O)C1O)C(O)/C=C/CC/C=C/CC/C=C/CCCCCCCCCCCCCCC. The number of nitrogens with one attached hydrogen (secondary N) is 1. The van der Waals surface area contributed by atoms with Crippen molar-refractivity contribution >= 4 is 5.91 Å². The number of amides is 1. The van der Waals surface area contributed by atoms with Crippen molar-refractivity contribution in [2.24, 2.45) is 0 Å².